The molecule has 190 valence electrons. The Bertz CT molecular complexity index is 1270. The first-order valence-corrected chi connectivity index (χ1v) is 14.6. The normalized spacial score (nSPS) is 21.0. The van der Waals surface area contributed by atoms with Crippen LogP contribution >= 0.6 is 0 Å². The van der Waals surface area contributed by atoms with Gasteiger partial charge in [-0.2, -0.15) is 8.61 Å². The van der Waals surface area contributed by atoms with Gasteiger partial charge in [-0.25, -0.2) is 16.8 Å². The molecule has 9 nitrogen and oxygen atoms in total. The maximum Gasteiger partial charge on any atom is 0.243 e. The van der Waals surface area contributed by atoms with E-state index < -0.39 is 26.0 Å². The summed E-state index contributed by atoms with van der Waals surface area (Å²) in [6, 6.07) is 13.1. The van der Waals surface area contributed by atoms with E-state index in [2.05, 4.69) is 10.2 Å². The van der Waals surface area contributed by atoms with E-state index in [9.17, 15) is 21.6 Å². The number of aryl methyl sites for hydroxylation is 1. The number of carbonyl (C=O) groups excluding carboxylic acids is 1. The molecule has 4 rings (SSSR count). The molecule has 11 heteroatoms. The van der Waals surface area contributed by atoms with Crippen LogP contribution in [0.1, 0.15) is 18.4 Å². The summed E-state index contributed by atoms with van der Waals surface area (Å²) in [4.78, 5) is 15.5. The minimum absolute atomic E-state index is 0.0847. The fourth-order valence-corrected chi connectivity index (χ4v) is 7.70. The number of sulfonamides is 2. The highest BCUT2D eigenvalue weighted by molar-refractivity contribution is 7.89. The lowest BCUT2D eigenvalue weighted by molar-refractivity contribution is -0.120. The standard InChI is InChI=1S/C24H32N4O5S2/c1-19-10-11-21(17-23(19)35(32,33)27-15-13-26(2)14-16-27)25-24(29)20-7-6-12-28(18-20)34(30,31)22-8-4-3-5-9-22/h3-5,8-11,17,20H,6-7,12-16,18H2,1-2H3,(H,25,29)/t20-/m0/s1. The van der Waals surface area contributed by atoms with Crippen molar-refractivity contribution < 1.29 is 21.6 Å². The topological polar surface area (TPSA) is 107 Å². The van der Waals surface area contributed by atoms with E-state index in [4.69, 9.17) is 0 Å². The molecule has 0 bridgehead atoms. The predicted octanol–water partition coefficient (Wildman–Crippen LogP) is 1.97. The molecule has 0 radical (unpaired) electrons. The highest BCUT2D eigenvalue weighted by Gasteiger charge is 2.34. The van der Waals surface area contributed by atoms with Gasteiger partial charge >= 0.3 is 0 Å². The fraction of sp³-hybridized carbons (Fsp3) is 0.458. The molecule has 2 heterocycles. The maximum atomic E-state index is 13.3. The second-order valence-electron chi connectivity index (χ2n) is 9.19. The van der Waals surface area contributed by atoms with E-state index in [1.54, 1.807) is 49.4 Å². The molecule has 0 unspecified atom stereocenters. The number of carbonyl (C=O) groups is 1. The number of likely N-dealkylation sites (N-methyl/N-ethyl adjacent to an activating group) is 1. The van der Waals surface area contributed by atoms with E-state index >= 15 is 0 Å². The zero-order valence-corrected chi connectivity index (χ0v) is 21.7. The molecule has 35 heavy (non-hydrogen) atoms. The molecule has 0 aromatic heterocycles. The molecule has 2 aromatic carbocycles. The molecule has 2 aromatic rings. The Morgan fingerprint density at radius 2 is 1.57 bits per heavy atom. The van der Waals surface area contributed by atoms with Gasteiger partial charge in [0.1, 0.15) is 0 Å². The van der Waals surface area contributed by atoms with Crippen LogP contribution in [-0.4, -0.2) is 82.6 Å². The van der Waals surface area contributed by atoms with E-state index in [0.29, 0.717) is 56.8 Å². The van der Waals surface area contributed by atoms with E-state index in [-0.39, 0.29) is 22.2 Å². The third-order valence-electron chi connectivity index (χ3n) is 6.67. The van der Waals surface area contributed by atoms with Gasteiger partial charge in [-0.3, -0.25) is 4.79 Å². The molecular weight excluding hydrogens is 488 g/mol. The monoisotopic (exact) mass is 520 g/mol. The highest BCUT2D eigenvalue weighted by atomic mass is 32.2. The summed E-state index contributed by atoms with van der Waals surface area (Å²) in [5.41, 5.74) is 0.996. The molecule has 2 saturated heterocycles. The minimum Gasteiger partial charge on any atom is -0.326 e. The number of piperidine rings is 1. The largest absolute Gasteiger partial charge is 0.326 e. The number of hydrogen-bond donors (Lipinski definition) is 1. The number of rotatable bonds is 6. The molecule has 0 spiro atoms. The van der Waals surface area contributed by atoms with Crippen molar-refractivity contribution in [3.05, 3.63) is 54.1 Å². The Morgan fingerprint density at radius 1 is 0.886 bits per heavy atom. The van der Waals surface area contributed by atoms with Gasteiger partial charge < -0.3 is 10.2 Å². The Balaban J connectivity index is 1.48. The summed E-state index contributed by atoms with van der Waals surface area (Å²) in [7, 11) is -5.41. The zero-order chi connectivity index (χ0) is 25.2. The number of hydrogen-bond acceptors (Lipinski definition) is 6. The van der Waals surface area contributed by atoms with Crippen LogP contribution in [0.2, 0.25) is 0 Å². The lowest BCUT2D eigenvalue weighted by atomic mass is 9.98. The van der Waals surface area contributed by atoms with Gasteiger partial charge in [0, 0.05) is 45.0 Å². The number of anilines is 1. The number of benzene rings is 2. The average molecular weight is 521 g/mol. The van der Waals surface area contributed by atoms with Crippen LogP contribution in [0, 0.1) is 12.8 Å². The van der Waals surface area contributed by atoms with Crippen molar-refractivity contribution in [1.82, 2.24) is 13.5 Å². The van der Waals surface area contributed by atoms with Crippen molar-refractivity contribution in [3.8, 4) is 0 Å². The van der Waals surface area contributed by atoms with Crippen molar-refractivity contribution in [2.75, 3.05) is 51.6 Å². The van der Waals surface area contributed by atoms with E-state index in [1.165, 1.54) is 14.7 Å². The van der Waals surface area contributed by atoms with Crippen molar-refractivity contribution in [3.63, 3.8) is 0 Å². The SMILES string of the molecule is Cc1ccc(NC(=O)[C@H]2CCCN(S(=O)(=O)c3ccccc3)C2)cc1S(=O)(=O)N1CCN(C)CC1. The van der Waals surface area contributed by atoms with E-state index in [1.807, 2.05) is 7.05 Å². The molecule has 2 aliphatic heterocycles. The molecule has 1 amide bonds. The molecule has 1 N–H and O–H groups in total. The van der Waals surface area contributed by atoms with Crippen molar-refractivity contribution >= 4 is 31.6 Å². The van der Waals surface area contributed by atoms with Crippen LogP contribution in [0.5, 0.6) is 0 Å². The van der Waals surface area contributed by atoms with Gasteiger partial charge in [0.2, 0.25) is 26.0 Å². The number of nitrogens with zero attached hydrogens (tertiary/aromatic N) is 3. The lowest BCUT2D eigenvalue weighted by Gasteiger charge is -2.32. The quantitative estimate of drug-likeness (QED) is 0.624. The fourth-order valence-electron chi connectivity index (χ4n) is 4.48. The van der Waals surface area contributed by atoms with Crippen LogP contribution in [0.4, 0.5) is 5.69 Å². The maximum absolute atomic E-state index is 13.3. The first-order chi connectivity index (χ1) is 16.6. The van der Waals surface area contributed by atoms with Gasteiger partial charge in [-0.05, 0) is 56.6 Å². The minimum atomic E-state index is -3.69. The summed E-state index contributed by atoms with van der Waals surface area (Å²) in [5, 5.41) is 2.82. The number of amides is 1. The van der Waals surface area contributed by atoms with Crippen molar-refractivity contribution in [1.29, 1.82) is 0 Å². The summed E-state index contributed by atoms with van der Waals surface area (Å²) in [6.45, 7) is 4.35. The number of piperazine rings is 1. The summed E-state index contributed by atoms with van der Waals surface area (Å²) in [5.74, 6) is -0.842. The zero-order valence-electron chi connectivity index (χ0n) is 20.1. The van der Waals surface area contributed by atoms with Gasteiger partial charge in [-0.1, -0.05) is 24.3 Å². The van der Waals surface area contributed by atoms with Gasteiger partial charge in [0.15, 0.2) is 0 Å². The third kappa shape index (κ3) is 5.59. The number of nitrogens with one attached hydrogen (secondary N) is 1. The molecule has 2 aliphatic rings. The van der Waals surface area contributed by atoms with Gasteiger partial charge in [0.25, 0.3) is 0 Å². The highest BCUT2D eigenvalue weighted by Crippen LogP contribution is 2.27. The molecule has 2 fully saturated rings. The Labute approximate surface area is 207 Å². The average Bonchev–Trinajstić information content (AvgIpc) is 2.86. The van der Waals surface area contributed by atoms with Crippen molar-refractivity contribution in [2.45, 2.75) is 29.6 Å². The van der Waals surface area contributed by atoms with E-state index in [0.717, 1.165) is 0 Å². The molecular formula is C24H32N4O5S2. The van der Waals surface area contributed by atoms with Crippen LogP contribution in [0.15, 0.2) is 58.3 Å². The van der Waals surface area contributed by atoms with Gasteiger partial charge in [0.05, 0.1) is 15.7 Å². The van der Waals surface area contributed by atoms with Crippen molar-refractivity contribution in [2.24, 2.45) is 5.92 Å². The van der Waals surface area contributed by atoms with Crippen LogP contribution in [0.3, 0.4) is 0 Å². The Morgan fingerprint density at radius 3 is 2.26 bits per heavy atom. The second kappa shape index (κ2) is 10.4. The van der Waals surface area contributed by atoms with Gasteiger partial charge in [-0.15, -0.1) is 0 Å². The molecule has 0 aliphatic carbocycles. The molecule has 0 saturated carbocycles. The first-order valence-electron chi connectivity index (χ1n) is 11.7. The van der Waals surface area contributed by atoms with Crippen LogP contribution in [-0.2, 0) is 24.8 Å². The third-order valence-corrected chi connectivity index (χ3v) is 10.6. The Kier molecular flexibility index (Phi) is 7.62. The summed E-state index contributed by atoms with van der Waals surface area (Å²) in [6.07, 6.45) is 1.13. The predicted molar refractivity (Wildman–Crippen MR) is 134 cm³/mol. The Hall–Kier alpha value is -2.31. The van der Waals surface area contributed by atoms with Crippen LogP contribution in [0.25, 0.3) is 0 Å². The second-order valence-corrected chi connectivity index (χ2v) is 13.0. The van der Waals surface area contributed by atoms with Crippen LogP contribution < -0.4 is 5.32 Å². The smallest absolute Gasteiger partial charge is 0.243 e. The molecule has 1 atom stereocenters. The lowest BCUT2D eigenvalue weighted by Crippen LogP contribution is -2.47. The summed E-state index contributed by atoms with van der Waals surface area (Å²) < 4.78 is 55.4. The summed E-state index contributed by atoms with van der Waals surface area (Å²) >= 11 is 0. The first kappa shape index (κ1) is 25.8.